The molecule has 1 aromatic heterocycles. The number of nitrogens with zero attached hydrogens (tertiary/aromatic N) is 1. The number of rotatable bonds is 4. The fourth-order valence-corrected chi connectivity index (χ4v) is 2.80. The molecule has 2 atom stereocenters. The topological polar surface area (TPSA) is 59.1 Å². The lowest BCUT2D eigenvalue weighted by Gasteiger charge is -2.34. The van der Waals surface area contributed by atoms with E-state index in [1.807, 2.05) is 6.07 Å². The predicted molar refractivity (Wildman–Crippen MR) is 68.9 cm³/mol. The second kappa shape index (κ2) is 5.92. The van der Waals surface area contributed by atoms with Crippen LogP contribution in [0.3, 0.4) is 0 Å². The van der Waals surface area contributed by atoms with Crippen LogP contribution in [0, 0.1) is 5.92 Å². The molecule has 0 aliphatic heterocycles. The predicted octanol–water partition coefficient (Wildman–Crippen LogP) is 2.31. The van der Waals surface area contributed by atoms with Crippen LogP contribution in [0.1, 0.15) is 37.2 Å². The van der Waals surface area contributed by atoms with Crippen molar-refractivity contribution < 1.29 is 13.9 Å². The molecule has 1 heterocycles. The lowest BCUT2D eigenvalue weighted by atomic mass is 9.77. The van der Waals surface area contributed by atoms with Gasteiger partial charge in [-0.05, 0) is 30.4 Å². The lowest BCUT2D eigenvalue weighted by molar-refractivity contribution is -0.0651. The second-order valence-corrected chi connectivity index (χ2v) is 5.31. The molecule has 19 heavy (non-hydrogen) atoms. The van der Waals surface area contributed by atoms with E-state index in [0.29, 0.717) is 19.4 Å². The maximum atomic E-state index is 13.1. The molecule has 1 aliphatic carbocycles. The summed E-state index contributed by atoms with van der Waals surface area (Å²) in [4.78, 5) is 4.02. The van der Waals surface area contributed by atoms with Crippen LogP contribution in [0.2, 0.25) is 0 Å². The molecule has 0 radical (unpaired) electrons. The van der Waals surface area contributed by atoms with Crippen molar-refractivity contribution in [1.82, 2.24) is 4.98 Å². The molecule has 0 saturated heterocycles. The van der Waals surface area contributed by atoms with E-state index in [2.05, 4.69) is 4.98 Å². The largest absolute Gasteiger partial charge is 0.392 e. The smallest absolute Gasteiger partial charge is 0.248 e. The second-order valence-electron chi connectivity index (χ2n) is 5.31. The first kappa shape index (κ1) is 14.3. The van der Waals surface area contributed by atoms with Gasteiger partial charge in [-0.25, -0.2) is 8.78 Å². The Hall–Kier alpha value is -1.07. The summed E-state index contributed by atoms with van der Waals surface area (Å²) < 4.78 is 26.3. The molecular weight excluding hydrogens is 250 g/mol. The summed E-state index contributed by atoms with van der Waals surface area (Å²) in [5, 5.41) is 10.4. The zero-order chi connectivity index (χ0) is 13.9. The van der Waals surface area contributed by atoms with Gasteiger partial charge in [0.1, 0.15) is 0 Å². The number of halogens is 2. The van der Waals surface area contributed by atoms with Crippen molar-refractivity contribution in [2.45, 2.75) is 43.6 Å². The van der Waals surface area contributed by atoms with Crippen LogP contribution in [0.5, 0.6) is 0 Å². The van der Waals surface area contributed by atoms with Gasteiger partial charge in [0.15, 0.2) is 0 Å². The molecule has 0 aromatic carbocycles. The number of hydrogen-bond donors (Lipinski definition) is 2. The van der Waals surface area contributed by atoms with Gasteiger partial charge in [-0.15, -0.1) is 0 Å². The van der Waals surface area contributed by atoms with Gasteiger partial charge in [0, 0.05) is 37.7 Å². The fraction of sp³-hybridized carbons (Fsp3) is 0.643. The Morgan fingerprint density at radius 3 is 2.63 bits per heavy atom. The quantitative estimate of drug-likeness (QED) is 0.882. The molecule has 1 fully saturated rings. The minimum Gasteiger partial charge on any atom is -0.392 e. The third-order valence-corrected chi connectivity index (χ3v) is 4.02. The third-order valence-electron chi connectivity index (χ3n) is 4.02. The summed E-state index contributed by atoms with van der Waals surface area (Å²) in [6.45, 7) is 0.291. The zero-order valence-electron chi connectivity index (χ0n) is 10.8. The number of aliphatic hydroxyl groups excluding tert-OH is 1. The van der Waals surface area contributed by atoms with Gasteiger partial charge in [0.05, 0.1) is 6.10 Å². The Bertz CT molecular complexity index is 390. The SMILES string of the molecule is NCC(c1cccnc1)C(O)C1CCC(F)(F)CC1. The summed E-state index contributed by atoms with van der Waals surface area (Å²) in [5.41, 5.74) is 6.60. The molecule has 1 aliphatic rings. The molecule has 1 saturated carbocycles. The molecule has 1 aromatic rings. The van der Waals surface area contributed by atoms with Crippen molar-refractivity contribution in [3.63, 3.8) is 0 Å². The summed E-state index contributed by atoms with van der Waals surface area (Å²) in [5.74, 6) is -2.90. The lowest BCUT2D eigenvalue weighted by Crippen LogP contribution is -2.37. The summed E-state index contributed by atoms with van der Waals surface area (Å²) in [6.07, 6.45) is 3.09. The Morgan fingerprint density at radius 1 is 1.42 bits per heavy atom. The van der Waals surface area contributed by atoms with Gasteiger partial charge < -0.3 is 10.8 Å². The summed E-state index contributed by atoms with van der Waals surface area (Å²) in [7, 11) is 0. The van der Waals surface area contributed by atoms with Crippen LogP contribution in [0.4, 0.5) is 8.78 Å². The molecule has 0 bridgehead atoms. The Kier molecular flexibility index (Phi) is 4.47. The molecule has 2 unspecified atom stereocenters. The van der Waals surface area contributed by atoms with E-state index >= 15 is 0 Å². The highest BCUT2D eigenvalue weighted by atomic mass is 19.3. The van der Waals surface area contributed by atoms with Crippen molar-refractivity contribution in [2.75, 3.05) is 6.54 Å². The first-order valence-electron chi connectivity index (χ1n) is 6.69. The van der Waals surface area contributed by atoms with Crippen LogP contribution >= 0.6 is 0 Å². The van der Waals surface area contributed by atoms with Crippen LogP contribution in [-0.4, -0.2) is 28.7 Å². The van der Waals surface area contributed by atoms with Gasteiger partial charge >= 0.3 is 0 Å². The van der Waals surface area contributed by atoms with Gasteiger partial charge in [-0.3, -0.25) is 4.98 Å². The van der Waals surface area contributed by atoms with Crippen LogP contribution < -0.4 is 5.73 Å². The van der Waals surface area contributed by atoms with E-state index in [4.69, 9.17) is 5.73 Å². The summed E-state index contributed by atoms with van der Waals surface area (Å²) in [6, 6.07) is 3.66. The Balaban J connectivity index is 2.04. The molecular formula is C14H20F2N2O. The van der Waals surface area contributed by atoms with Crippen molar-refractivity contribution >= 4 is 0 Å². The van der Waals surface area contributed by atoms with Crippen LogP contribution in [0.25, 0.3) is 0 Å². The van der Waals surface area contributed by atoms with E-state index in [1.54, 1.807) is 18.5 Å². The molecule has 5 heteroatoms. The Labute approximate surface area is 111 Å². The number of nitrogens with two attached hydrogens (primary N) is 1. The van der Waals surface area contributed by atoms with Gasteiger partial charge in [0.2, 0.25) is 5.92 Å². The standard InChI is InChI=1S/C14H20F2N2O/c15-14(16)5-3-10(4-6-14)13(19)12(8-17)11-2-1-7-18-9-11/h1-2,7,9-10,12-13,19H,3-6,8,17H2. The molecule has 3 N–H and O–H groups in total. The van der Waals surface area contributed by atoms with Gasteiger partial charge in [-0.1, -0.05) is 6.07 Å². The van der Waals surface area contributed by atoms with E-state index in [9.17, 15) is 13.9 Å². The van der Waals surface area contributed by atoms with Gasteiger partial charge in [-0.2, -0.15) is 0 Å². The number of aromatic nitrogens is 1. The number of alkyl halides is 2. The van der Waals surface area contributed by atoms with Crippen LogP contribution in [0.15, 0.2) is 24.5 Å². The van der Waals surface area contributed by atoms with Gasteiger partial charge in [0.25, 0.3) is 0 Å². The minimum atomic E-state index is -2.57. The third kappa shape index (κ3) is 3.48. The average molecular weight is 270 g/mol. The number of pyridine rings is 1. The van der Waals surface area contributed by atoms with Crippen molar-refractivity contribution in [3.8, 4) is 0 Å². The first-order valence-corrected chi connectivity index (χ1v) is 6.69. The molecule has 0 spiro atoms. The van der Waals surface area contributed by atoms with E-state index in [1.165, 1.54) is 0 Å². The Morgan fingerprint density at radius 2 is 2.11 bits per heavy atom. The van der Waals surface area contributed by atoms with Crippen LogP contribution in [-0.2, 0) is 0 Å². The maximum Gasteiger partial charge on any atom is 0.248 e. The highest BCUT2D eigenvalue weighted by Gasteiger charge is 2.39. The fourth-order valence-electron chi connectivity index (χ4n) is 2.80. The average Bonchev–Trinajstić information content (AvgIpc) is 2.40. The molecule has 2 rings (SSSR count). The van der Waals surface area contributed by atoms with E-state index < -0.39 is 12.0 Å². The van der Waals surface area contributed by atoms with E-state index in [0.717, 1.165) is 5.56 Å². The van der Waals surface area contributed by atoms with Crippen molar-refractivity contribution in [1.29, 1.82) is 0 Å². The summed E-state index contributed by atoms with van der Waals surface area (Å²) >= 11 is 0. The normalized spacial score (nSPS) is 22.9. The number of aliphatic hydroxyl groups is 1. The van der Waals surface area contributed by atoms with Crippen molar-refractivity contribution in [3.05, 3.63) is 30.1 Å². The maximum absolute atomic E-state index is 13.1. The number of hydrogen-bond acceptors (Lipinski definition) is 3. The molecule has 3 nitrogen and oxygen atoms in total. The van der Waals surface area contributed by atoms with E-state index in [-0.39, 0.29) is 24.7 Å². The molecule has 106 valence electrons. The highest BCUT2D eigenvalue weighted by Crippen LogP contribution is 2.39. The zero-order valence-corrected chi connectivity index (χ0v) is 10.8. The molecule has 0 amide bonds. The highest BCUT2D eigenvalue weighted by molar-refractivity contribution is 5.17. The van der Waals surface area contributed by atoms with Crippen molar-refractivity contribution in [2.24, 2.45) is 11.7 Å². The minimum absolute atomic E-state index is 0.103. The first-order chi connectivity index (χ1) is 9.03. The monoisotopic (exact) mass is 270 g/mol.